The average molecular weight is 400 g/mol. The van der Waals surface area contributed by atoms with E-state index in [1.807, 2.05) is 36.1 Å². The Morgan fingerprint density at radius 2 is 1.81 bits per heavy atom. The standard InChI is InChI=1S/C20H21N3O2S2/c1-3-23(4-2)20(25)14-5-7-16(8-6-14)21-18(24)11-17-13-27-19(22-17)15-9-10-26-12-15/h5-10,12-13H,3-4,11H2,1-2H3,(H,21,24). The molecule has 0 atom stereocenters. The Labute approximate surface area is 166 Å². The van der Waals surface area contributed by atoms with Crippen LogP contribution in [0.2, 0.25) is 0 Å². The summed E-state index contributed by atoms with van der Waals surface area (Å²) in [5, 5.41) is 9.76. The lowest BCUT2D eigenvalue weighted by molar-refractivity contribution is -0.115. The second-order valence-corrected chi connectivity index (χ2v) is 7.57. The maximum atomic E-state index is 12.3. The van der Waals surface area contributed by atoms with Gasteiger partial charge in [-0.1, -0.05) is 0 Å². The Hall–Kier alpha value is -2.51. The third-order valence-electron chi connectivity index (χ3n) is 4.13. The van der Waals surface area contributed by atoms with Gasteiger partial charge in [-0.2, -0.15) is 11.3 Å². The number of amides is 2. The van der Waals surface area contributed by atoms with Crippen molar-refractivity contribution in [2.75, 3.05) is 18.4 Å². The van der Waals surface area contributed by atoms with Gasteiger partial charge in [-0.15, -0.1) is 11.3 Å². The topological polar surface area (TPSA) is 62.3 Å². The zero-order chi connectivity index (χ0) is 19.2. The quantitative estimate of drug-likeness (QED) is 0.635. The van der Waals surface area contributed by atoms with Gasteiger partial charge in [0.2, 0.25) is 5.91 Å². The van der Waals surface area contributed by atoms with E-state index in [0.29, 0.717) is 24.3 Å². The van der Waals surface area contributed by atoms with Gasteiger partial charge in [0.25, 0.3) is 5.91 Å². The van der Waals surface area contributed by atoms with Crippen LogP contribution in [0, 0.1) is 0 Å². The first-order chi connectivity index (χ1) is 13.1. The summed E-state index contributed by atoms with van der Waals surface area (Å²) in [6, 6.07) is 9.02. The van der Waals surface area contributed by atoms with Crippen LogP contribution in [0.15, 0.2) is 46.5 Å². The Kier molecular flexibility index (Phi) is 6.36. The molecule has 2 heterocycles. The predicted octanol–water partition coefficient (Wildman–Crippen LogP) is 4.53. The normalized spacial score (nSPS) is 10.6. The number of benzene rings is 1. The lowest BCUT2D eigenvalue weighted by Crippen LogP contribution is -2.30. The first-order valence-corrected chi connectivity index (χ1v) is 10.6. The van der Waals surface area contributed by atoms with E-state index in [-0.39, 0.29) is 18.2 Å². The summed E-state index contributed by atoms with van der Waals surface area (Å²) < 4.78 is 0. The summed E-state index contributed by atoms with van der Waals surface area (Å²) in [7, 11) is 0. The number of carbonyl (C=O) groups is 2. The predicted molar refractivity (Wildman–Crippen MR) is 111 cm³/mol. The van der Waals surface area contributed by atoms with Crippen LogP contribution in [0.5, 0.6) is 0 Å². The molecule has 0 unspecified atom stereocenters. The molecule has 0 radical (unpaired) electrons. The minimum Gasteiger partial charge on any atom is -0.339 e. The fourth-order valence-corrected chi connectivity index (χ4v) is 4.20. The number of thiazole rings is 1. The number of thiophene rings is 1. The second kappa shape index (κ2) is 8.92. The summed E-state index contributed by atoms with van der Waals surface area (Å²) >= 11 is 3.17. The molecule has 0 aliphatic carbocycles. The van der Waals surface area contributed by atoms with Crippen molar-refractivity contribution < 1.29 is 9.59 Å². The average Bonchev–Trinajstić information content (AvgIpc) is 3.35. The molecule has 2 amide bonds. The molecule has 1 N–H and O–H groups in total. The van der Waals surface area contributed by atoms with E-state index in [4.69, 9.17) is 0 Å². The van der Waals surface area contributed by atoms with E-state index in [2.05, 4.69) is 10.3 Å². The molecule has 1 aromatic carbocycles. The highest BCUT2D eigenvalue weighted by atomic mass is 32.1. The number of hydrogen-bond acceptors (Lipinski definition) is 5. The molecule has 0 spiro atoms. The molecule has 7 heteroatoms. The monoisotopic (exact) mass is 399 g/mol. The van der Waals surface area contributed by atoms with Crippen LogP contribution in [0.1, 0.15) is 29.9 Å². The summed E-state index contributed by atoms with van der Waals surface area (Å²) in [4.78, 5) is 30.9. The maximum Gasteiger partial charge on any atom is 0.253 e. The highest BCUT2D eigenvalue weighted by Crippen LogP contribution is 2.26. The maximum absolute atomic E-state index is 12.3. The van der Waals surface area contributed by atoms with Crippen molar-refractivity contribution >= 4 is 40.2 Å². The molecule has 3 rings (SSSR count). The number of anilines is 1. The SMILES string of the molecule is CCN(CC)C(=O)c1ccc(NC(=O)Cc2csc(-c3ccsc3)n2)cc1. The van der Waals surface area contributed by atoms with Gasteiger partial charge in [0.15, 0.2) is 0 Å². The number of aromatic nitrogens is 1. The number of hydrogen-bond donors (Lipinski definition) is 1. The van der Waals surface area contributed by atoms with Crippen LogP contribution in [0.3, 0.4) is 0 Å². The van der Waals surface area contributed by atoms with Gasteiger partial charge in [0, 0.05) is 40.7 Å². The van der Waals surface area contributed by atoms with Gasteiger partial charge in [-0.3, -0.25) is 9.59 Å². The molecule has 0 saturated heterocycles. The molecule has 3 aromatic rings. The summed E-state index contributed by atoms with van der Waals surface area (Å²) in [6.45, 7) is 5.26. The van der Waals surface area contributed by atoms with Crippen LogP contribution < -0.4 is 5.32 Å². The number of nitrogens with one attached hydrogen (secondary N) is 1. The van der Waals surface area contributed by atoms with Gasteiger partial charge in [0.05, 0.1) is 12.1 Å². The first kappa shape index (κ1) is 19.3. The Bertz CT molecular complexity index is 898. The first-order valence-electron chi connectivity index (χ1n) is 8.76. The molecule has 0 aliphatic rings. The van der Waals surface area contributed by atoms with E-state index < -0.39 is 0 Å². The minimum atomic E-state index is -0.125. The number of nitrogens with zero attached hydrogens (tertiary/aromatic N) is 2. The minimum absolute atomic E-state index is 0.00121. The third-order valence-corrected chi connectivity index (χ3v) is 5.75. The van der Waals surface area contributed by atoms with E-state index in [1.54, 1.807) is 51.8 Å². The molecular weight excluding hydrogens is 378 g/mol. The zero-order valence-electron chi connectivity index (χ0n) is 15.3. The van der Waals surface area contributed by atoms with Crippen molar-refractivity contribution in [1.82, 2.24) is 9.88 Å². The van der Waals surface area contributed by atoms with Crippen LogP contribution in [0.4, 0.5) is 5.69 Å². The highest BCUT2D eigenvalue weighted by molar-refractivity contribution is 7.14. The zero-order valence-corrected chi connectivity index (χ0v) is 16.9. The van der Waals surface area contributed by atoms with E-state index in [1.165, 1.54) is 0 Å². The van der Waals surface area contributed by atoms with Crippen molar-refractivity contribution in [3.05, 3.63) is 57.7 Å². The Morgan fingerprint density at radius 3 is 2.44 bits per heavy atom. The number of rotatable bonds is 7. The fraction of sp³-hybridized carbons (Fsp3) is 0.250. The summed E-state index contributed by atoms with van der Waals surface area (Å²) in [5.41, 5.74) is 3.14. The second-order valence-electron chi connectivity index (χ2n) is 5.94. The summed E-state index contributed by atoms with van der Waals surface area (Å²) in [6.07, 6.45) is 0.223. The van der Waals surface area contributed by atoms with Gasteiger partial charge in [-0.05, 0) is 49.6 Å². The van der Waals surface area contributed by atoms with Crippen molar-refractivity contribution in [3.63, 3.8) is 0 Å². The Morgan fingerprint density at radius 1 is 1.07 bits per heavy atom. The lowest BCUT2D eigenvalue weighted by Gasteiger charge is -2.18. The lowest BCUT2D eigenvalue weighted by atomic mass is 10.1. The van der Waals surface area contributed by atoms with E-state index in [9.17, 15) is 9.59 Å². The van der Waals surface area contributed by atoms with Crippen LogP contribution >= 0.6 is 22.7 Å². The van der Waals surface area contributed by atoms with Crippen molar-refractivity contribution in [3.8, 4) is 10.6 Å². The van der Waals surface area contributed by atoms with Gasteiger partial charge in [-0.25, -0.2) is 4.98 Å². The third kappa shape index (κ3) is 4.81. The van der Waals surface area contributed by atoms with Gasteiger partial charge >= 0.3 is 0 Å². The molecule has 0 bridgehead atoms. The molecule has 0 fully saturated rings. The molecule has 0 saturated carbocycles. The largest absolute Gasteiger partial charge is 0.339 e. The van der Waals surface area contributed by atoms with Crippen molar-refractivity contribution in [2.24, 2.45) is 0 Å². The van der Waals surface area contributed by atoms with Crippen LogP contribution in [-0.2, 0) is 11.2 Å². The molecular formula is C20H21N3O2S2. The van der Waals surface area contributed by atoms with Crippen molar-refractivity contribution in [1.29, 1.82) is 0 Å². The van der Waals surface area contributed by atoms with E-state index >= 15 is 0 Å². The molecule has 5 nitrogen and oxygen atoms in total. The Balaban J connectivity index is 1.59. The molecule has 27 heavy (non-hydrogen) atoms. The fourth-order valence-electron chi connectivity index (χ4n) is 2.67. The van der Waals surface area contributed by atoms with Crippen LogP contribution in [-0.4, -0.2) is 34.8 Å². The number of carbonyl (C=O) groups excluding carboxylic acids is 2. The van der Waals surface area contributed by atoms with Crippen molar-refractivity contribution in [2.45, 2.75) is 20.3 Å². The summed E-state index contributed by atoms with van der Waals surface area (Å²) in [5.74, 6) is -0.124. The highest BCUT2D eigenvalue weighted by Gasteiger charge is 2.13. The van der Waals surface area contributed by atoms with Crippen LogP contribution in [0.25, 0.3) is 10.6 Å². The smallest absolute Gasteiger partial charge is 0.253 e. The molecule has 140 valence electrons. The molecule has 2 aromatic heterocycles. The van der Waals surface area contributed by atoms with E-state index in [0.717, 1.165) is 16.3 Å². The van der Waals surface area contributed by atoms with Gasteiger partial charge < -0.3 is 10.2 Å². The molecule has 0 aliphatic heterocycles. The van der Waals surface area contributed by atoms with Gasteiger partial charge in [0.1, 0.15) is 5.01 Å².